The van der Waals surface area contributed by atoms with Gasteiger partial charge in [0.05, 0.1) is 0 Å². The Labute approximate surface area is 115 Å². The van der Waals surface area contributed by atoms with Crippen molar-refractivity contribution < 1.29 is 0 Å². The molecule has 1 aliphatic rings. The molecule has 1 N–H and O–H groups in total. The molecule has 2 rings (SSSR count). The zero-order valence-electron chi connectivity index (χ0n) is 11.0. The quantitative estimate of drug-likeness (QED) is 0.602. The SMILES string of the molecule is C=CCSc1ccccc1CNC1CCCCC1. The summed E-state index contributed by atoms with van der Waals surface area (Å²) in [5.74, 6) is 0.987. The van der Waals surface area contributed by atoms with E-state index >= 15 is 0 Å². The topological polar surface area (TPSA) is 12.0 Å². The third kappa shape index (κ3) is 4.18. The molecule has 2 heteroatoms. The number of benzene rings is 1. The van der Waals surface area contributed by atoms with Gasteiger partial charge in [-0.3, -0.25) is 0 Å². The van der Waals surface area contributed by atoms with E-state index in [0.29, 0.717) is 0 Å². The highest BCUT2D eigenvalue weighted by molar-refractivity contribution is 7.99. The highest BCUT2D eigenvalue weighted by Gasteiger charge is 2.12. The van der Waals surface area contributed by atoms with E-state index in [1.807, 2.05) is 17.8 Å². The lowest BCUT2D eigenvalue weighted by molar-refractivity contribution is 0.371. The van der Waals surface area contributed by atoms with E-state index in [4.69, 9.17) is 0 Å². The Hall–Kier alpha value is -0.730. The molecule has 0 saturated heterocycles. The molecule has 0 aromatic heterocycles. The lowest BCUT2D eigenvalue weighted by Gasteiger charge is -2.23. The summed E-state index contributed by atoms with van der Waals surface area (Å²) in [5, 5.41) is 3.72. The molecule has 98 valence electrons. The van der Waals surface area contributed by atoms with Crippen LogP contribution in [0, 0.1) is 0 Å². The van der Waals surface area contributed by atoms with Crippen molar-refractivity contribution in [2.24, 2.45) is 0 Å². The van der Waals surface area contributed by atoms with Crippen molar-refractivity contribution in [3.05, 3.63) is 42.5 Å². The summed E-state index contributed by atoms with van der Waals surface area (Å²) in [6, 6.07) is 9.44. The van der Waals surface area contributed by atoms with Gasteiger partial charge < -0.3 is 5.32 Å². The van der Waals surface area contributed by atoms with E-state index in [-0.39, 0.29) is 0 Å². The minimum absolute atomic E-state index is 0.733. The molecular weight excluding hydrogens is 238 g/mol. The van der Waals surface area contributed by atoms with Crippen LogP contribution in [0.15, 0.2) is 41.8 Å². The maximum Gasteiger partial charge on any atom is 0.0219 e. The number of nitrogens with one attached hydrogen (secondary N) is 1. The van der Waals surface area contributed by atoms with Gasteiger partial charge in [0, 0.05) is 23.2 Å². The van der Waals surface area contributed by atoms with Gasteiger partial charge in [0.15, 0.2) is 0 Å². The smallest absolute Gasteiger partial charge is 0.0219 e. The summed E-state index contributed by atoms with van der Waals surface area (Å²) in [6.07, 6.45) is 8.87. The highest BCUT2D eigenvalue weighted by Crippen LogP contribution is 2.23. The molecule has 1 aromatic carbocycles. The lowest BCUT2D eigenvalue weighted by atomic mass is 9.95. The number of hydrogen-bond donors (Lipinski definition) is 1. The predicted octanol–water partition coefficient (Wildman–Crippen LogP) is 4.39. The molecule has 1 fully saturated rings. The molecule has 0 spiro atoms. The minimum atomic E-state index is 0.733. The first-order valence-corrected chi connectivity index (χ1v) is 7.93. The van der Waals surface area contributed by atoms with E-state index in [1.165, 1.54) is 42.6 Å². The standard InChI is InChI=1S/C16H23NS/c1-2-12-18-16-11-7-6-8-14(16)13-17-15-9-4-3-5-10-15/h2,6-8,11,15,17H,1,3-5,9-10,12-13H2. The Morgan fingerprint density at radius 2 is 2.00 bits per heavy atom. The van der Waals surface area contributed by atoms with Gasteiger partial charge in [0.2, 0.25) is 0 Å². The van der Waals surface area contributed by atoms with Gasteiger partial charge in [0.25, 0.3) is 0 Å². The first-order chi connectivity index (χ1) is 8.90. The van der Waals surface area contributed by atoms with Crippen molar-refractivity contribution in [1.29, 1.82) is 0 Å². The van der Waals surface area contributed by atoms with Crippen LogP contribution in [-0.2, 0) is 6.54 Å². The highest BCUT2D eigenvalue weighted by atomic mass is 32.2. The first-order valence-electron chi connectivity index (χ1n) is 6.95. The summed E-state index contributed by atoms with van der Waals surface area (Å²) < 4.78 is 0. The van der Waals surface area contributed by atoms with Crippen molar-refractivity contribution in [3.63, 3.8) is 0 Å². The first kappa shape index (κ1) is 13.7. The van der Waals surface area contributed by atoms with Crippen LogP contribution in [0.2, 0.25) is 0 Å². The average Bonchev–Trinajstić information content (AvgIpc) is 2.45. The maximum absolute atomic E-state index is 3.79. The second-order valence-corrected chi connectivity index (χ2v) is 5.99. The Bertz CT molecular complexity index is 369. The van der Waals surface area contributed by atoms with Crippen molar-refractivity contribution in [1.82, 2.24) is 5.32 Å². The Kier molecular flexibility index (Phi) is 5.82. The summed E-state index contributed by atoms with van der Waals surface area (Å²) in [4.78, 5) is 1.39. The molecule has 0 atom stereocenters. The zero-order chi connectivity index (χ0) is 12.6. The van der Waals surface area contributed by atoms with Crippen molar-refractivity contribution in [3.8, 4) is 0 Å². The van der Waals surface area contributed by atoms with Gasteiger partial charge in [-0.25, -0.2) is 0 Å². The summed E-state index contributed by atoms with van der Waals surface area (Å²) in [5.41, 5.74) is 1.43. The molecule has 1 aliphatic carbocycles. The third-order valence-corrected chi connectivity index (χ3v) is 4.63. The Balaban J connectivity index is 1.88. The summed E-state index contributed by atoms with van der Waals surface area (Å²) in [7, 11) is 0. The second kappa shape index (κ2) is 7.65. The van der Waals surface area contributed by atoms with E-state index in [0.717, 1.165) is 18.3 Å². The van der Waals surface area contributed by atoms with E-state index in [1.54, 1.807) is 0 Å². The fraction of sp³-hybridized carbons (Fsp3) is 0.500. The maximum atomic E-state index is 3.79. The minimum Gasteiger partial charge on any atom is -0.310 e. The molecule has 0 aliphatic heterocycles. The summed E-state index contributed by atoms with van der Waals surface area (Å²) in [6.45, 7) is 4.79. The molecule has 0 radical (unpaired) electrons. The van der Waals surface area contributed by atoms with Gasteiger partial charge >= 0.3 is 0 Å². The molecule has 1 nitrogen and oxygen atoms in total. The van der Waals surface area contributed by atoms with Crippen LogP contribution in [-0.4, -0.2) is 11.8 Å². The van der Waals surface area contributed by atoms with Crippen LogP contribution in [0.5, 0.6) is 0 Å². The van der Waals surface area contributed by atoms with Gasteiger partial charge in [0.1, 0.15) is 0 Å². The monoisotopic (exact) mass is 261 g/mol. The van der Waals surface area contributed by atoms with Crippen molar-refractivity contribution >= 4 is 11.8 Å². The van der Waals surface area contributed by atoms with Crippen molar-refractivity contribution in [2.45, 2.75) is 49.6 Å². The molecule has 0 bridgehead atoms. The van der Waals surface area contributed by atoms with Crippen LogP contribution in [0.3, 0.4) is 0 Å². The largest absolute Gasteiger partial charge is 0.310 e. The van der Waals surface area contributed by atoms with E-state index in [2.05, 4.69) is 36.2 Å². The summed E-state index contributed by atoms with van der Waals surface area (Å²) >= 11 is 1.88. The predicted molar refractivity (Wildman–Crippen MR) is 81.1 cm³/mol. The molecule has 1 aromatic rings. The van der Waals surface area contributed by atoms with Crippen LogP contribution in [0.25, 0.3) is 0 Å². The molecule has 0 heterocycles. The zero-order valence-corrected chi connectivity index (χ0v) is 11.8. The Morgan fingerprint density at radius 1 is 1.22 bits per heavy atom. The van der Waals surface area contributed by atoms with E-state index in [9.17, 15) is 0 Å². The number of thioether (sulfide) groups is 1. The van der Waals surface area contributed by atoms with Crippen LogP contribution >= 0.6 is 11.8 Å². The van der Waals surface area contributed by atoms with Crippen LogP contribution in [0.1, 0.15) is 37.7 Å². The lowest BCUT2D eigenvalue weighted by Crippen LogP contribution is -2.30. The molecular formula is C16H23NS. The van der Waals surface area contributed by atoms with Gasteiger partial charge in [-0.2, -0.15) is 0 Å². The fourth-order valence-electron chi connectivity index (χ4n) is 2.50. The molecule has 1 saturated carbocycles. The molecule has 18 heavy (non-hydrogen) atoms. The van der Waals surface area contributed by atoms with Gasteiger partial charge in [-0.15, -0.1) is 18.3 Å². The van der Waals surface area contributed by atoms with E-state index < -0.39 is 0 Å². The third-order valence-electron chi connectivity index (χ3n) is 3.52. The fourth-order valence-corrected chi connectivity index (χ4v) is 3.30. The number of hydrogen-bond acceptors (Lipinski definition) is 2. The normalized spacial score (nSPS) is 16.7. The van der Waals surface area contributed by atoms with Crippen LogP contribution in [0.4, 0.5) is 0 Å². The molecule has 0 amide bonds. The molecule has 0 unspecified atom stereocenters. The Morgan fingerprint density at radius 3 is 2.78 bits per heavy atom. The van der Waals surface area contributed by atoms with Gasteiger partial charge in [-0.05, 0) is 24.5 Å². The van der Waals surface area contributed by atoms with Gasteiger partial charge in [-0.1, -0.05) is 43.5 Å². The number of rotatable bonds is 6. The van der Waals surface area contributed by atoms with Crippen LogP contribution < -0.4 is 5.32 Å². The second-order valence-electron chi connectivity index (χ2n) is 4.92. The average molecular weight is 261 g/mol. The van der Waals surface area contributed by atoms with Crippen molar-refractivity contribution in [2.75, 3.05) is 5.75 Å².